The van der Waals surface area contributed by atoms with Crippen LogP contribution < -0.4 is 5.32 Å². The van der Waals surface area contributed by atoms with E-state index in [2.05, 4.69) is 17.1 Å². The van der Waals surface area contributed by atoms with Crippen molar-refractivity contribution in [2.45, 2.75) is 19.8 Å². The molecular weight excluding hydrogens is 230 g/mol. The number of ether oxygens (including phenoxy) is 1. The van der Waals surface area contributed by atoms with Gasteiger partial charge in [0.05, 0.1) is 0 Å². The quantitative estimate of drug-likeness (QED) is 0.630. The molecule has 1 rings (SSSR count). The number of carbonyl (C=O) groups excluding carboxylic acids is 1. The van der Waals surface area contributed by atoms with Gasteiger partial charge in [-0.3, -0.25) is 4.79 Å². The van der Waals surface area contributed by atoms with Crippen LogP contribution in [-0.4, -0.2) is 75.2 Å². The van der Waals surface area contributed by atoms with Crippen LogP contribution >= 0.6 is 0 Å². The van der Waals surface area contributed by atoms with Gasteiger partial charge >= 0.3 is 0 Å². The summed E-state index contributed by atoms with van der Waals surface area (Å²) in [5.41, 5.74) is 0. The number of hydrogen-bond acceptors (Lipinski definition) is 4. The molecule has 1 N–H and O–H groups in total. The van der Waals surface area contributed by atoms with Crippen molar-refractivity contribution in [2.75, 3.05) is 59.5 Å². The molecule has 18 heavy (non-hydrogen) atoms. The van der Waals surface area contributed by atoms with E-state index in [9.17, 15) is 4.79 Å². The van der Waals surface area contributed by atoms with Crippen molar-refractivity contribution >= 4 is 5.91 Å². The van der Waals surface area contributed by atoms with Gasteiger partial charge in [0.15, 0.2) is 0 Å². The number of amides is 1. The lowest BCUT2D eigenvalue weighted by molar-refractivity contribution is -0.132. The van der Waals surface area contributed by atoms with Crippen molar-refractivity contribution < 1.29 is 9.53 Å². The van der Waals surface area contributed by atoms with Crippen LogP contribution in [0.1, 0.15) is 19.8 Å². The number of nitrogens with zero attached hydrogens (tertiary/aromatic N) is 2. The van der Waals surface area contributed by atoms with Gasteiger partial charge in [-0.05, 0) is 19.5 Å². The molecule has 5 nitrogen and oxygen atoms in total. The molecule has 0 unspecified atom stereocenters. The van der Waals surface area contributed by atoms with E-state index < -0.39 is 0 Å². The topological polar surface area (TPSA) is 44.8 Å². The number of piperazine rings is 1. The van der Waals surface area contributed by atoms with Crippen molar-refractivity contribution in [3.63, 3.8) is 0 Å². The lowest BCUT2D eigenvalue weighted by atomic mass is 10.2. The molecule has 0 bridgehead atoms. The van der Waals surface area contributed by atoms with E-state index in [4.69, 9.17) is 4.74 Å². The minimum atomic E-state index is 0.282. The van der Waals surface area contributed by atoms with Gasteiger partial charge in [0.1, 0.15) is 0 Å². The summed E-state index contributed by atoms with van der Waals surface area (Å²) < 4.78 is 4.97. The minimum Gasteiger partial charge on any atom is -0.385 e. The summed E-state index contributed by atoms with van der Waals surface area (Å²) in [4.78, 5) is 16.3. The second-order valence-electron chi connectivity index (χ2n) is 4.66. The molecule has 0 aromatic rings. The van der Waals surface area contributed by atoms with Gasteiger partial charge in [-0.25, -0.2) is 0 Å². The normalized spacial score (nSPS) is 17.1. The third kappa shape index (κ3) is 5.80. The first-order valence-corrected chi connectivity index (χ1v) is 6.97. The maximum atomic E-state index is 11.9. The molecule has 1 aliphatic rings. The molecule has 106 valence electrons. The van der Waals surface area contributed by atoms with Gasteiger partial charge in [0, 0.05) is 52.9 Å². The van der Waals surface area contributed by atoms with Gasteiger partial charge in [0.25, 0.3) is 0 Å². The maximum absolute atomic E-state index is 11.9. The van der Waals surface area contributed by atoms with E-state index in [1.165, 1.54) is 0 Å². The molecule has 0 aliphatic carbocycles. The Morgan fingerprint density at radius 2 is 1.94 bits per heavy atom. The third-order valence-corrected chi connectivity index (χ3v) is 3.39. The lowest BCUT2D eigenvalue weighted by Gasteiger charge is -2.34. The Morgan fingerprint density at radius 1 is 1.22 bits per heavy atom. The van der Waals surface area contributed by atoms with E-state index in [-0.39, 0.29) is 5.91 Å². The summed E-state index contributed by atoms with van der Waals surface area (Å²) in [5, 5.41) is 3.27. The number of rotatable bonds is 8. The molecule has 0 saturated carbocycles. The van der Waals surface area contributed by atoms with E-state index >= 15 is 0 Å². The van der Waals surface area contributed by atoms with E-state index in [1.807, 2.05) is 4.90 Å². The number of nitrogens with one attached hydrogen (secondary N) is 1. The maximum Gasteiger partial charge on any atom is 0.223 e. The first kappa shape index (κ1) is 15.4. The predicted octanol–water partition coefficient (Wildman–Crippen LogP) is 0.167. The summed E-state index contributed by atoms with van der Waals surface area (Å²) in [5.74, 6) is 0.282. The second-order valence-corrected chi connectivity index (χ2v) is 4.66. The van der Waals surface area contributed by atoms with Crippen molar-refractivity contribution in [3.05, 3.63) is 0 Å². The van der Waals surface area contributed by atoms with Crippen molar-refractivity contribution in [3.8, 4) is 0 Å². The van der Waals surface area contributed by atoms with Crippen LogP contribution in [0.15, 0.2) is 0 Å². The third-order valence-electron chi connectivity index (χ3n) is 3.39. The Kier molecular flexibility index (Phi) is 7.96. The first-order chi connectivity index (χ1) is 8.77. The van der Waals surface area contributed by atoms with E-state index in [1.54, 1.807) is 7.11 Å². The minimum absolute atomic E-state index is 0.282. The largest absolute Gasteiger partial charge is 0.385 e. The summed E-state index contributed by atoms with van der Waals surface area (Å²) in [6.07, 6.45) is 1.61. The SMILES string of the molecule is CCN1CCN(C(=O)CCNCCCOC)CC1. The Morgan fingerprint density at radius 3 is 2.56 bits per heavy atom. The molecule has 1 amide bonds. The zero-order valence-corrected chi connectivity index (χ0v) is 11.8. The van der Waals surface area contributed by atoms with Crippen LogP contribution in [0.3, 0.4) is 0 Å². The Hall–Kier alpha value is -0.650. The van der Waals surface area contributed by atoms with Crippen LogP contribution in [0, 0.1) is 0 Å². The molecule has 1 fully saturated rings. The van der Waals surface area contributed by atoms with Crippen molar-refractivity contribution in [1.29, 1.82) is 0 Å². The van der Waals surface area contributed by atoms with Crippen LogP contribution in [0.25, 0.3) is 0 Å². The standard InChI is InChI=1S/C13H27N3O2/c1-3-15-8-10-16(11-9-15)13(17)5-7-14-6-4-12-18-2/h14H,3-12H2,1-2H3. The van der Waals surface area contributed by atoms with Crippen molar-refractivity contribution in [2.24, 2.45) is 0 Å². The highest BCUT2D eigenvalue weighted by Crippen LogP contribution is 2.02. The van der Waals surface area contributed by atoms with E-state index in [0.717, 1.165) is 58.8 Å². The average Bonchev–Trinajstić information content (AvgIpc) is 2.42. The number of carbonyl (C=O) groups is 1. The molecule has 5 heteroatoms. The zero-order valence-electron chi connectivity index (χ0n) is 11.8. The Balaban J connectivity index is 2.03. The molecule has 0 atom stereocenters. The Bertz CT molecular complexity index is 228. The van der Waals surface area contributed by atoms with Crippen LogP contribution in [0.5, 0.6) is 0 Å². The van der Waals surface area contributed by atoms with Crippen molar-refractivity contribution in [1.82, 2.24) is 15.1 Å². The summed E-state index contributed by atoms with van der Waals surface area (Å²) >= 11 is 0. The first-order valence-electron chi connectivity index (χ1n) is 6.97. The van der Waals surface area contributed by atoms with E-state index in [0.29, 0.717) is 6.42 Å². The fourth-order valence-corrected chi connectivity index (χ4v) is 2.13. The Labute approximate surface area is 110 Å². The molecule has 1 aliphatic heterocycles. The summed E-state index contributed by atoms with van der Waals surface area (Å²) in [7, 11) is 1.71. The fraction of sp³-hybridized carbons (Fsp3) is 0.923. The monoisotopic (exact) mass is 257 g/mol. The molecule has 0 spiro atoms. The molecule has 1 saturated heterocycles. The highest BCUT2D eigenvalue weighted by molar-refractivity contribution is 5.76. The predicted molar refractivity (Wildman–Crippen MR) is 72.7 cm³/mol. The van der Waals surface area contributed by atoms with Crippen LogP contribution in [0.2, 0.25) is 0 Å². The highest BCUT2D eigenvalue weighted by Gasteiger charge is 2.19. The van der Waals surface area contributed by atoms with Crippen LogP contribution in [-0.2, 0) is 9.53 Å². The molecular formula is C13H27N3O2. The molecule has 0 aromatic carbocycles. The zero-order chi connectivity index (χ0) is 13.2. The second kappa shape index (κ2) is 9.30. The van der Waals surface area contributed by atoms with Gasteiger partial charge < -0.3 is 19.9 Å². The van der Waals surface area contributed by atoms with Gasteiger partial charge in [-0.2, -0.15) is 0 Å². The van der Waals surface area contributed by atoms with Gasteiger partial charge in [-0.1, -0.05) is 6.92 Å². The molecule has 1 heterocycles. The number of likely N-dealkylation sites (N-methyl/N-ethyl adjacent to an activating group) is 1. The lowest BCUT2D eigenvalue weighted by Crippen LogP contribution is -2.48. The molecule has 0 aromatic heterocycles. The molecule has 0 radical (unpaired) electrons. The fourth-order valence-electron chi connectivity index (χ4n) is 2.13. The summed E-state index contributed by atoms with van der Waals surface area (Å²) in [6.45, 7) is 9.53. The van der Waals surface area contributed by atoms with Gasteiger partial charge in [0.2, 0.25) is 5.91 Å². The number of methoxy groups -OCH3 is 1. The average molecular weight is 257 g/mol. The smallest absolute Gasteiger partial charge is 0.223 e. The van der Waals surface area contributed by atoms with Gasteiger partial charge in [-0.15, -0.1) is 0 Å². The number of hydrogen-bond donors (Lipinski definition) is 1. The summed E-state index contributed by atoms with van der Waals surface area (Å²) in [6, 6.07) is 0. The van der Waals surface area contributed by atoms with Crippen LogP contribution in [0.4, 0.5) is 0 Å². The highest BCUT2D eigenvalue weighted by atomic mass is 16.5.